The summed E-state index contributed by atoms with van der Waals surface area (Å²) in [5.74, 6) is -0.972. The minimum absolute atomic E-state index is 0.0201. The van der Waals surface area contributed by atoms with Crippen LogP contribution in [0.15, 0.2) is 12.2 Å². The third-order valence-electron chi connectivity index (χ3n) is 5.36. The quantitative estimate of drug-likeness (QED) is 0.810. The van der Waals surface area contributed by atoms with Gasteiger partial charge in [-0.25, -0.2) is 0 Å². The van der Waals surface area contributed by atoms with Gasteiger partial charge < -0.3 is 10.0 Å². The van der Waals surface area contributed by atoms with E-state index in [-0.39, 0.29) is 11.8 Å². The highest BCUT2D eigenvalue weighted by Crippen LogP contribution is 2.32. The summed E-state index contributed by atoms with van der Waals surface area (Å²) in [4.78, 5) is 25.9. The summed E-state index contributed by atoms with van der Waals surface area (Å²) in [7, 11) is 1.86. The number of nitrogens with zero attached hydrogens (tertiary/aromatic N) is 1. The fourth-order valence-corrected chi connectivity index (χ4v) is 3.74. The van der Waals surface area contributed by atoms with E-state index >= 15 is 0 Å². The van der Waals surface area contributed by atoms with Gasteiger partial charge in [-0.05, 0) is 44.4 Å². The Morgan fingerprint density at radius 2 is 1.67 bits per heavy atom. The van der Waals surface area contributed by atoms with Crippen LogP contribution in [0.2, 0.25) is 0 Å². The maximum atomic E-state index is 12.7. The number of carbonyl (C=O) groups excluding carboxylic acids is 1. The van der Waals surface area contributed by atoms with Crippen molar-refractivity contribution in [3.05, 3.63) is 12.2 Å². The summed E-state index contributed by atoms with van der Waals surface area (Å²) in [6.45, 7) is 2.23. The second-order valence-corrected chi connectivity index (χ2v) is 6.53. The number of allylic oxidation sites excluding steroid dienone is 2. The van der Waals surface area contributed by atoms with E-state index in [1.54, 1.807) is 0 Å². The van der Waals surface area contributed by atoms with E-state index in [0.29, 0.717) is 18.9 Å². The van der Waals surface area contributed by atoms with Crippen molar-refractivity contribution >= 4 is 11.9 Å². The first-order valence-electron chi connectivity index (χ1n) is 8.19. The Morgan fingerprint density at radius 1 is 1.10 bits per heavy atom. The maximum absolute atomic E-state index is 12.7. The van der Waals surface area contributed by atoms with Gasteiger partial charge in [0.1, 0.15) is 0 Å². The molecule has 0 saturated heterocycles. The topological polar surface area (TPSA) is 57.6 Å². The Morgan fingerprint density at radius 3 is 2.19 bits per heavy atom. The lowest BCUT2D eigenvalue weighted by Crippen LogP contribution is -2.45. The third kappa shape index (κ3) is 3.66. The van der Waals surface area contributed by atoms with Crippen LogP contribution < -0.4 is 0 Å². The van der Waals surface area contributed by atoms with E-state index in [4.69, 9.17) is 0 Å². The molecule has 2 aliphatic rings. The molecule has 1 fully saturated rings. The molecule has 0 heterocycles. The maximum Gasteiger partial charge on any atom is 0.307 e. The van der Waals surface area contributed by atoms with Crippen LogP contribution in [0.4, 0.5) is 0 Å². The van der Waals surface area contributed by atoms with Crippen molar-refractivity contribution in [3.8, 4) is 0 Å². The van der Waals surface area contributed by atoms with Crippen molar-refractivity contribution in [2.75, 3.05) is 7.05 Å². The molecule has 0 aromatic rings. The Balaban J connectivity index is 1.98. The number of rotatable bonds is 4. The molecule has 4 heteroatoms. The molecule has 0 bridgehead atoms. The second kappa shape index (κ2) is 7.10. The zero-order chi connectivity index (χ0) is 15.4. The molecule has 118 valence electrons. The van der Waals surface area contributed by atoms with Crippen molar-refractivity contribution in [1.29, 1.82) is 0 Å². The number of carboxylic acid groups (broad SMARTS) is 1. The molecule has 1 N–H and O–H groups in total. The molecule has 2 rings (SSSR count). The van der Waals surface area contributed by atoms with Crippen LogP contribution in [-0.4, -0.2) is 35.0 Å². The lowest BCUT2D eigenvalue weighted by Gasteiger charge is -2.37. The fraction of sp³-hybridized carbons (Fsp3) is 0.765. The molecule has 1 saturated carbocycles. The minimum atomic E-state index is -0.846. The Kier molecular flexibility index (Phi) is 5.43. The van der Waals surface area contributed by atoms with E-state index < -0.39 is 11.9 Å². The molecule has 0 spiro atoms. The summed E-state index contributed by atoms with van der Waals surface area (Å²) in [6.07, 6.45) is 10.6. The van der Waals surface area contributed by atoms with Gasteiger partial charge in [0.25, 0.3) is 0 Å². The first-order chi connectivity index (χ1) is 10.0. The largest absolute Gasteiger partial charge is 0.481 e. The molecule has 2 atom stereocenters. The van der Waals surface area contributed by atoms with E-state index in [2.05, 4.69) is 6.92 Å². The minimum Gasteiger partial charge on any atom is -0.481 e. The normalized spacial score (nSPS) is 32.7. The molecule has 1 amide bonds. The number of aliphatic carboxylic acids is 1. The molecule has 0 radical (unpaired) electrons. The van der Waals surface area contributed by atoms with Gasteiger partial charge in [-0.1, -0.05) is 25.5 Å². The Hall–Kier alpha value is -1.32. The van der Waals surface area contributed by atoms with Crippen molar-refractivity contribution in [2.45, 2.75) is 57.9 Å². The van der Waals surface area contributed by atoms with Gasteiger partial charge in [0.2, 0.25) is 5.91 Å². The van der Waals surface area contributed by atoms with E-state index in [1.165, 1.54) is 19.3 Å². The highest BCUT2D eigenvalue weighted by molar-refractivity contribution is 5.85. The van der Waals surface area contributed by atoms with Crippen LogP contribution in [0.25, 0.3) is 0 Å². The molecular formula is C17H27NO3. The lowest BCUT2D eigenvalue weighted by atomic mass is 9.80. The second-order valence-electron chi connectivity index (χ2n) is 6.53. The summed E-state index contributed by atoms with van der Waals surface area (Å²) < 4.78 is 0. The number of carbonyl (C=O) groups is 2. The monoisotopic (exact) mass is 293 g/mol. The molecule has 2 unspecified atom stereocenters. The van der Waals surface area contributed by atoms with Gasteiger partial charge in [0.15, 0.2) is 0 Å². The summed E-state index contributed by atoms with van der Waals surface area (Å²) in [5.41, 5.74) is 0. The number of amides is 1. The number of hydrogen-bond donors (Lipinski definition) is 1. The average molecular weight is 293 g/mol. The smallest absolute Gasteiger partial charge is 0.307 e. The van der Waals surface area contributed by atoms with Crippen molar-refractivity contribution < 1.29 is 14.7 Å². The average Bonchev–Trinajstić information content (AvgIpc) is 2.53. The summed E-state index contributed by atoms with van der Waals surface area (Å²) in [5, 5.41) is 9.31. The highest BCUT2D eigenvalue weighted by atomic mass is 16.4. The predicted molar refractivity (Wildman–Crippen MR) is 81.8 cm³/mol. The van der Waals surface area contributed by atoms with Crippen LogP contribution in [0.3, 0.4) is 0 Å². The van der Waals surface area contributed by atoms with Crippen molar-refractivity contribution in [2.24, 2.45) is 17.8 Å². The lowest BCUT2D eigenvalue weighted by molar-refractivity contribution is -0.151. The highest BCUT2D eigenvalue weighted by Gasteiger charge is 2.37. The van der Waals surface area contributed by atoms with Crippen LogP contribution in [0, 0.1) is 17.8 Å². The van der Waals surface area contributed by atoms with Gasteiger partial charge >= 0.3 is 5.97 Å². The van der Waals surface area contributed by atoms with Crippen LogP contribution >= 0.6 is 0 Å². The molecule has 2 aliphatic carbocycles. The summed E-state index contributed by atoms with van der Waals surface area (Å²) >= 11 is 0. The van der Waals surface area contributed by atoms with E-state index in [1.807, 2.05) is 24.1 Å². The van der Waals surface area contributed by atoms with Gasteiger partial charge in [-0.3, -0.25) is 9.59 Å². The van der Waals surface area contributed by atoms with Gasteiger partial charge in [0.05, 0.1) is 11.8 Å². The van der Waals surface area contributed by atoms with Crippen LogP contribution in [0.1, 0.15) is 51.9 Å². The van der Waals surface area contributed by atoms with Crippen molar-refractivity contribution in [1.82, 2.24) is 4.90 Å². The van der Waals surface area contributed by atoms with Crippen LogP contribution in [-0.2, 0) is 9.59 Å². The van der Waals surface area contributed by atoms with Gasteiger partial charge in [-0.15, -0.1) is 0 Å². The van der Waals surface area contributed by atoms with Gasteiger partial charge in [0, 0.05) is 13.1 Å². The van der Waals surface area contributed by atoms with Crippen LogP contribution in [0.5, 0.6) is 0 Å². The van der Waals surface area contributed by atoms with Gasteiger partial charge in [-0.2, -0.15) is 0 Å². The predicted octanol–water partition coefficient (Wildman–Crippen LogP) is 3.08. The molecule has 0 aromatic carbocycles. The molecule has 0 aliphatic heterocycles. The molecular weight excluding hydrogens is 266 g/mol. The van der Waals surface area contributed by atoms with Crippen molar-refractivity contribution in [3.63, 3.8) is 0 Å². The summed E-state index contributed by atoms with van der Waals surface area (Å²) in [6, 6.07) is 0.292. The number of hydrogen-bond acceptors (Lipinski definition) is 2. The molecule has 21 heavy (non-hydrogen) atoms. The number of carboxylic acids is 1. The third-order valence-corrected chi connectivity index (χ3v) is 5.36. The zero-order valence-corrected chi connectivity index (χ0v) is 13.1. The Labute approximate surface area is 127 Å². The molecule has 0 aromatic heterocycles. The van der Waals surface area contributed by atoms with E-state index in [0.717, 1.165) is 18.8 Å². The zero-order valence-electron chi connectivity index (χ0n) is 13.1. The standard InChI is InChI=1S/C17H27NO3/c1-3-12-8-10-13(11-9-12)18(2)16(19)14-6-4-5-7-15(14)17(20)21/h4-5,12-15H,3,6-11H2,1-2H3,(H,20,21). The molecule has 4 nitrogen and oxygen atoms in total. The first-order valence-corrected chi connectivity index (χ1v) is 8.19. The fourth-order valence-electron chi connectivity index (χ4n) is 3.74. The van der Waals surface area contributed by atoms with E-state index in [9.17, 15) is 14.7 Å². The first kappa shape index (κ1) is 16.1. The SMILES string of the molecule is CCC1CCC(N(C)C(=O)C2CC=CCC2C(=O)O)CC1. The Bertz CT molecular complexity index is 410.